The molecule has 3 N–H and O–H groups in total. The van der Waals surface area contributed by atoms with Gasteiger partial charge in [0.15, 0.2) is 0 Å². The molecule has 0 bridgehead atoms. The number of anilines is 2. The molecule has 0 aliphatic carbocycles. The first kappa shape index (κ1) is 13.8. The zero-order valence-electron chi connectivity index (χ0n) is 11.0. The summed E-state index contributed by atoms with van der Waals surface area (Å²) >= 11 is 11.2. The Bertz CT molecular complexity index is 827. The third-order valence-electron chi connectivity index (χ3n) is 3.17. The van der Waals surface area contributed by atoms with Crippen LogP contribution in [0.4, 0.5) is 11.4 Å². The highest BCUT2D eigenvalue weighted by atomic mass is 35.5. The van der Waals surface area contributed by atoms with Gasteiger partial charge in [0.2, 0.25) is 0 Å². The van der Waals surface area contributed by atoms with E-state index in [0.29, 0.717) is 10.0 Å². The van der Waals surface area contributed by atoms with Gasteiger partial charge in [0.25, 0.3) is 0 Å². The molecular formula is C16H12ClN3S. The highest BCUT2D eigenvalue weighted by Crippen LogP contribution is 2.30. The molecule has 1 aromatic heterocycles. The fourth-order valence-electron chi connectivity index (χ4n) is 2.13. The average Bonchev–Trinajstić information content (AvgIpc) is 2.49. The van der Waals surface area contributed by atoms with Gasteiger partial charge in [0, 0.05) is 22.8 Å². The maximum Gasteiger partial charge on any atom is 0.104 e. The molecule has 0 spiro atoms. The Morgan fingerprint density at radius 2 is 1.95 bits per heavy atom. The lowest BCUT2D eigenvalue weighted by Gasteiger charge is -2.11. The van der Waals surface area contributed by atoms with Gasteiger partial charge < -0.3 is 11.1 Å². The number of pyridine rings is 1. The summed E-state index contributed by atoms with van der Waals surface area (Å²) in [6.45, 7) is 0. The summed E-state index contributed by atoms with van der Waals surface area (Å²) in [4.78, 5) is 4.67. The summed E-state index contributed by atoms with van der Waals surface area (Å²) < 4.78 is 0. The number of rotatable bonds is 3. The monoisotopic (exact) mass is 313 g/mol. The second-order valence-electron chi connectivity index (χ2n) is 4.56. The van der Waals surface area contributed by atoms with Crippen molar-refractivity contribution in [1.82, 2.24) is 4.98 Å². The molecule has 2 aromatic carbocycles. The highest BCUT2D eigenvalue weighted by molar-refractivity contribution is 7.80. The number of halogens is 1. The molecule has 3 nitrogen and oxygen atoms in total. The molecule has 104 valence electrons. The van der Waals surface area contributed by atoms with Gasteiger partial charge >= 0.3 is 0 Å². The van der Waals surface area contributed by atoms with Gasteiger partial charge in [-0.1, -0.05) is 29.9 Å². The molecule has 0 radical (unpaired) electrons. The molecule has 3 rings (SSSR count). The van der Waals surface area contributed by atoms with Crippen molar-refractivity contribution in [2.75, 3.05) is 5.32 Å². The fourth-order valence-corrected chi connectivity index (χ4v) is 2.48. The minimum atomic E-state index is 0.331. The Balaban J connectivity index is 2.01. The van der Waals surface area contributed by atoms with E-state index in [0.717, 1.165) is 27.8 Å². The van der Waals surface area contributed by atoms with E-state index in [9.17, 15) is 0 Å². The van der Waals surface area contributed by atoms with Crippen LogP contribution < -0.4 is 11.1 Å². The SMILES string of the molecule is NC(=S)c1ccc(Nc2cccc3ncccc23)c(Cl)c1. The van der Waals surface area contributed by atoms with Gasteiger partial charge in [-0.2, -0.15) is 0 Å². The fraction of sp³-hybridized carbons (Fsp3) is 0. The first-order valence-corrected chi connectivity index (χ1v) is 7.14. The van der Waals surface area contributed by atoms with Gasteiger partial charge in [-0.3, -0.25) is 4.98 Å². The number of fused-ring (bicyclic) bond motifs is 1. The van der Waals surface area contributed by atoms with Gasteiger partial charge in [0.05, 0.1) is 16.2 Å². The molecule has 3 aromatic rings. The van der Waals surface area contributed by atoms with Gasteiger partial charge in [-0.15, -0.1) is 0 Å². The van der Waals surface area contributed by atoms with Crippen LogP contribution >= 0.6 is 23.8 Å². The van der Waals surface area contributed by atoms with E-state index in [-0.39, 0.29) is 0 Å². The Hall–Kier alpha value is -2.17. The Labute approximate surface area is 132 Å². The topological polar surface area (TPSA) is 50.9 Å². The number of benzene rings is 2. The minimum absolute atomic E-state index is 0.331. The maximum atomic E-state index is 6.28. The second kappa shape index (κ2) is 5.68. The largest absolute Gasteiger partial charge is 0.389 e. The molecule has 21 heavy (non-hydrogen) atoms. The first-order valence-electron chi connectivity index (χ1n) is 6.35. The van der Waals surface area contributed by atoms with Crippen molar-refractivity contribution in [2.45, 2.75) is 0 Å². The molecule has 0 unspecified atom stereocenters. The van der Waals surface area contributed by atoms with Crippen LogP contribution in [-0.2, 0) is 0 Å². The van der Waals surface area contributed by atoms with E-state index < -0.39 is 0 Å². The molecule has 5 heteroatoms. The number of thiocarbonyl (C=S) groups is 1. The van der Waals surface area contributed by atoms with Crippen molar-refractivity contribution in [1.29, 1.82) is 0 Å². The van der Waals surface area contributed by atoms with Crippen molar-refractivity contribution in [3.63, 3.8) is 0 Å². The van der Waals surface area contributed by atoms with Crippen molar-refractivity contribution >= 4 is 51.1 Å². The summed E-state index contributed by atoms with van der Waals surface area (Å²) in [5.41, 5.74) is 9.03. The number of nitrogens with zero attached hydrogens (tertiary/aromatic N) is 1. The lowest BCUT2D eigenvalue weighted by Crippen LogP contribution is -2.09. The van der Waals surface area contributed by atoms with Gasteiger partial charge in [-0.25, -0.2) is 0 Å². The van der Waals surface area contributed by atoms with Crippen LogP contribution in [0.2, 0.25) is 5.02 Å². The summed E-state index contributed by atoms with van der Waals surface area (Å²) in [7, 11) is 0. The number of hydrogen-bond acceptors (Lipinski definition) is 3. The molecule has 0 aliphatic heterocycles. The van der Waals surface area contributed by atoms with E-state index in [2.05, 4.69) is 10.3 Å². The third-order valence-corrected chi connectivity index (χ3v) is 3.72. The van der Waals surface area contributed by atoms with E-state index in [1.165, 1.54) is 0 Å². The smallest absolute Gasteiger partial charge is 0.104 e. The normalized spacial score (nSPS) is 10.5. The third kappa shape index (κ3) is 2.82. The predicted octanol–water partition coefficient (Wildman–Crippen LogP) is 4.27. The summed E-state index contributed by atoms with van der Waals surface area (Å²) in [6, 6.07) is 15.3. The van der Waals surface area contributed by atoms with E-state index >= 15 is 0 Å². The van der Waals surface area contributed by atoms with Crippen LogP contribution in [-0.4, -0.2) is 9.97 Å². The number of aromatic nitrogens is 1. The summed E-state index contributed by atoms with van der Waals surface area (Å²) in [6.07, 6.45) is 1.77. The van der Waals surface area contributed by atoms with Crippen molar-refractivity contribution in [3.05, 3.63) is 65.3 Å². The standard InChI is InChI=1S/C16H12ClN3S/c17-12-9-10(16(18)21)6-7-15(12)20-14-5-1-4-13-11(14)3-2-8-19-13/h1-9,20H,(H2,18,21). The highest BCUT2D eigenvalue weighted by Gasteiger charge is 2.06. The summed E-state index contributed by atoms with van der Waals surface area (Å²) in [5, 5.41) is 4.93. The van der Waals surface area contributed by atoms with E-state index in [1.807, 2.05) is 42.5 Å². The Kier molecular flexibility index (Phi) is 3.73. The Morgan fingerprint density at radius 3 is 2.71 bits per heavy atom. The minimum Gasteiger partial charge on any atom is -0.389 e. The number of nitrogens with one attached hydrogen (secondary N) is 1. The zero-order valence-corrected chi connectivity index (χ0v) is 12.6. The lowest BCUT2D eigenvalue weighted by atomic mass is 10.1. The van der Waals surface area contributed by atoms with Gasteiger partial charge in [-0.05, 0) is 42.5 Å². The average molecular weight is 314 g/mol. The molecule has 0 atom stereocenters. The molecule has 0 fully saturated rings. The number of hydrogen-bond donors (Lipinski definition) is 2. The maximum absolute atomic E-state index is 6.28. The van der Waals surface area contributed by atoms with E-state index in [4.69, 9.17) is 29.6 Å². The van der Waals surface area contributed by atoms with Crippen LogP contribution in [0.5, 0.6) is 0 Å². The van der Waals surface area contributed by atoms with Gasteiger partial charge in [0.1, 0.15) is 4.99 Å². The quantitative estimate of drug-likeness (QED) is 0.709. The molecule has 0 amide bonds. The van der Waals surface area contributed by atoms with Crippen molar-refractivity contribution in [2.24, 2.45) is 5.73 Å². The molecule has 0 saturated heterocycles. The van der Waals surface area contributed by atoms with Crippen LogP contribution in [0.15, 0.2) is 54.7 Å². The molecular weight excluding hydrogens is 302 g/mol. The Morgan fingerprint density at radius 1 is 1.10 bits per heavy atom. The number of nitrogens with two attached hydrogens (primary N) is 1. The molecule has 1 heterocycles. The van der Waals surface area contributed by atoms with Crippen LogP contribution in [0, 0.1) is 0 Å². The molecule has 0 saturated carbocycles. The molecule has 0 aliphatic rings. The van der Waals surface area contributed by atoms with Crippen LogP contribution in [0.1, 0.15) is 5.56 Å². The van der Waals surface area contributed by atoms with E-state index in [1.54, 1.807) is 12.3 Å². The van der Waals surface area contributed by atoms with Crippen molar-refractivity contribution in [3.8, 4) is 0 Å². The van der Waals surface area contributed by atoms with Crippen molar-refractivity contribution < 1.29 is 0 Å². The first-order chi connectivity index (χ1) is 10.1. The lowest BCUT2D eigenvalue weighted by molar-refractivity contribution is 1.41. The van der Waals surface area contributed by atoms with Crippen LogP contribution in [0.25, 0.3) is 10.9 Å². The predicted molar refractivity (Wildman–Crippen MR) is 92.4 cm³/mol. The summed E-state index contributed by atoms with van der Waals surface area (Å²) in [5.74, 6) is 0. The van der Waals surface area contributed by atoms with Crippen LogP contribution in [0.3, 0.4) is 0 Å². The zero-order chi connectivity index (χ0) is 14.8. The second-order valence-corrected chi connectivity index (χ2v) is 5.41.